The molecule has 0 aromatic heterocycles. The zero-order valence-electron chi connectivity index (χ0n) is 12.6. The fourth-order valence-corrected chi connectivity index (χ4v) is 2.83. The van der Waals surface area contributed by atoms with Gasteiger partial charge in [-0.25, -0.2) is 0 Å². The van der Waals surface area contributed by atoms with Gasteiger partial charge in [-0.15, -0.1) is 0 Å². The Balaban J connectivity index is 2.26. The van der Waals surface area contributed by atoms with Gasteiger partial charge in [0.2, 0.25) is 0 Å². The number of hydrogen-bond acceptors (Lipinski definition) is 2. The van der Waals surface area contributed by atoms with Crippen LogP contribution in [0.2, 0.25) is 0 Å². The summed E-state index contributed by atoms with van der Waals surface area (Å²) in [6, 6.07) is 4.42. The van der Waals surface area contributed by atoms with Crippen molar-refractivity contribution in [2.24, 2.45) is 0 Å². The molecule has 0 bridgehead atoms. The van der Waals surface area contributed by atoms with E-state index in [1.807, 2.05) is 13.8 Å². The molecule has 1 aromatic carbocycles. The number of nitrogens with zero attached hydrogens (tertiary/aromatic N) is 2. The van der Waals surface area contributed by atoms with Crippen LogP contribution in [-0.2, 0) is 0 Å². The first-order valence-corrected chi connectivity index (χ1v) is 6.85. The summed E-state index contributed by atoms with van der Waals surface area (Å²) < 4.78 is 2.07. The van der Waals surface area contributed by atoms with Crippen LogP contribution < -0.4 is 4.90 Å². The van der Waals surface area contributed by atoms with Gasteiger partial charge in [-0.05, 0) is 26.5 Å². The van der Waals surface area contributed by atoms with E-state index in [-0.39, 0.29) is 0 Å². The minimum Gasteiger partial charge on any atom is -0.391 e. The quantitative estimate of drug-likeness (QED) is 0.665. The van der Waals surface area contributed by atoms with Crippen LogP contribution in [-0.4, -0.2) is 41.3 Å². The summed E-state index contributed by atoms with van der Waals surface area (Å²) in [5, 5.41) is 9.88. The molecule has 2 rings (SSSR count). The van der Waals surface area contributed by atoms with Gasteiger partial charge < -0.3 is 14.6 Å². The van der Waals surface area contributed by atoms with Crippen molar-refractivity contribution >= 4 is 12.0 Å². The number of β-amino-alcohol motifs (C(OH)–C–C–N with tert-alkyl or cyclic N) is 1. The van der Waals surface area contributed by atoms with E-state index in [1.165, 1.54) is 22.4 Å². The highest BCUT2D eigenvalue weighted by atomic mass is 16.3. The molecule has 0 aliphatic carbocycles. The second-order valence-corrected chi connectivity index (χ2v) is 6.23. The van der Waals surface area contributed by atoms with E-state index in [2.05, 4.69) is 48.7 Å². The first-order chi connectivity index (χ1) is 8.76. The average Bonchev–Trinajstić information content (AvgIpc) is 2.61. The topological polar surface area (TPSA) is 26.5 Å². The van der Waals surface area contributed by atoms with E-state index in [0.29, 0.717) is 6.54 Å². The Morgan fingerprint density at radius 3 is 2.37 bits per heavy atom. The molecule has 19 heavy (non-hydrogen) atoms. The number of aliphatic hydroxyl groups is 1. The Hall–Kier alpha value is -1.35. The molecule has 0 amide bonds. The van der Waals surface area contributed by atoms with Crippen LogP contribution in [0.15, 0.2) is 12.1 Å². The van der Waals surface area contributed by atoms with E-state index in [4.69, 9.17) is 0 Å². The molecule has 0 fully saturated rings. The van der Waals surface area contributed by atoms with Crippen LogP contribution in [0, 0.1) is 20.8 Å². The second kappa shape index (κ2) is 4.97. The van der Waals surface area contributed by atoms with Crippen LogP contribution in [0.1, 0.15) is 30.5 Å². The Morgan fingerprint density at radius 2 is 1.84 bits per heavy atom. The first-order valence-electron chi connectivity index (χ1n) is 6.85. The number of rotatable bonds is 3. The van der Waals surface area contributed by atoms with E-state index in [0.717, 1.165) is 13.1 Å². The molecule has 3 heteroatoms. The maximum absolute atomic E-state index is 9.88. The molecule has 104 valence electrons. The lowest BCUT2D eigenvalue weighted by Gasteiger charge is -2.24. The fraction of sp³-hybridized carbons (Fsp3) is 0.562. The van der Waals surface area contributed by atoms with Crippen molar-refractivity contribution in [3.05, 3.63) is 28.8 Å². The first kappa shape index (κ1) is 14.1. The van der Waals surface area contributed by atoms with Crippen molar-refractivity contribution in [1.29, 1.82) is 0 Å². The predicted molar refractivity (Wildman–Crippen MR) is 79.3 cm³/mol. The highest BCUT2D eigenvalue weighted by Crippen LogP contribution is 2.26. The maximum Gasteiger partial charge on any atom is 0.131 e. The second-order valence-electron chi connectivity index (χ2n) is 6.23. The normalized spacial score (nSPS) is 15.9. The maximum atomic E-state index is 9.88. The lowest BCUT2D eigenvalue weighted by atomic mass is 10.0. The van der Waals surface area contributed by atoms with Crippen molar-refractivity contribution in [2.45, 2.75) is 40.2 Å². The van der Waals surface area contributed by atoms with Crippen LogP contribution >= 0.6 is 0 Å². The third kappa shape index (κ3) is 3.35. The van der Waals surface area contributed by atoms with Gasteiger partial charge in [0.25, 0.3) is 0 Å². The molecular weight excluding hydrogens is 236 g/mol. The van der Waals surface area contributed by atoms with Gasteiger partial charge >= 0.3 is 0 Å². The van der Waals surface area contributed by atoms with Gasteiger partial charge in [0.15, 0.2) is 0 Å². The summed E-state index contributed by atoms with van der Waals surface area (Å²) in [5.74, 6) is 0. The van der Waals surface area contributed by atoms with Crippen molar-refractivity contribution in [3.63, 3.8) is 0 Å². The highest BCUT2D eigenvalue weighted by Gasteiger charge is 2.21. The molecule has 1 aliphatic heterocycles. The van der Waals surface area contributed by atoms with Gasteiger partial charge in [-0.2, -0.15) is 0 Å². The van der Waals surface area contributed by atoms with Crippen LogP contribution in [0.4, 0.5) is 5.69 Å². The summed E-state index contributed by atoms with van der Waals surface area (Å²) in [7, 11) is 0. The minimum atomic E-state index is -0.680. The molecule has 1 N–H and O–H groups in total. The van der Waals surface area contributed by atoms with Gasteiger partial charge in [-0.3, -0.25) is 0 Å². The summed E-state index contributed by atoms with van der Waals surface area (Å²) >= 11 is 0. The highest BCUT2D eigenvalue weighted by molar-refractivity contribution is 5.80. The largest absolute Gasteiger partial charge is 0.391 e. The zero-order valence-corrected chi connectivity index (χ0v) is 12.6. The molecule has 3 nitrogen and oxygen atoms in total. The van der Waals surface area contributed by atoms with Gasteiger partial charge in [0.1, 0.15) is 12.9 Å². The minimum absolute atomic E-state index is 0.619. The Kier molecular flexibility index (Phi) is 3.68. The number of aryl methyl sites for hydroxylation is 3. The third-order valence-electron chi connectivity index (χ3n) is 3.34. The zero-order chi connectivity index (χ0) is 14.2. The molecular formula is C16H24N2O. The molecule has 1 aromatic rings. The smallest absolute Gasteiger partial charge is 0.131 e. The van der Waals surface area contributed by atoms with Gasteiger partial charge in [-0.1, -0.05) is 42.7 Å². The van der Waals surface area contributed by atoms with Crippen molar-refractivity contribution in [2.75, 3.05) is 24.5 Å². The number of anilines is 1. The number of hydrogen-bond donors (Lipinski definition) is 1. The Morgan fingerprint density at radius 1 is 1.26 bits per heavy atom. The summed E-state index contributed by atoms with van der Waals surface area (Å²) in [6.07, 6.45) is 3.37. The Bertz CT molecular complexity index is 489. The van der Waals surface area contributed by atoms with Crippen LogP contribution in [0.3, 0.4) is 0 Å². The lowest BCUT2D eigenvalue weighted by molar-refractivity contribution is -0.530. The number of benzene rings is 1. The van der Waals surface area contributed by atoms with E-state index in [1.54, 1.807) is 0 Å². The molecule has 0 radical (unpaired) electrons. The molecule has 0 spiro atoms. The molecule has 0 atom stereocenters. The Labute approximate surface area is 116 Å². The monoisotopic (exact) mass is 260 g/mol. The van der Waals surface area contributed by atoms with Gasteiger partial charge in [0, 0.05) is 0 Å². The predicted octanol–water partition coefficient (Wildman–Crippen LogP) is 2.12. The van der Waals surface area contributed by atoms with E-state index >= 15 is 0 Å². The fourth-order valence-electron chi connectivity index (χ4n) is 2.83. The van der Waals surface area contributed by atoms with Crippen molar-refractivity contribution in [3.8, 4) is 0 Å². The lowest BCUT2D eigenvalue weighted by Crippen LogP contribution is -2.32. The van der Waals surface area contributed by atoms with Crippen LogP contribution in [0.25, 0.3) is 0 Å². The average molecular weight is 260 g/mol. The SMILES string of the molecule is Cc1cc(C)c(N2[C-]=[N+](CC(C)(C)O)CC2)c(C)c1. The molecule has 0 saturated carbocycles. The van der Waals surface area contributed by atoms with E-state index in [9.17, 15) is 5.11 Å². The van der Waals surface area contributed by atoms with Gasteiger partial charge in [0.05, 0.1) is 18.7 Å². The molecule has 1 aliphatic rings. The molecule has 1 heterocycles. The van der Waals surface area contributed by atoms with Crippen molar-refractivity contribution < 1.29 is 9.68 Å². The third-order valence-corrected chi connectivity index (χ3v) is 3.34. The van der Waals surface area contributed by atoms with Crippen molar-refractivity contribution in [1.82, 2.24) is 0 Å². The summed E-state index contributed by atoms with van der Waals surface area (Å²) in [5.41, 5.74) is 4.45. The van der Waals surface area contributed by atoms with E-state index < -0.39 is 5.60 Å². The standard InChI is InChI=1S/C16H24N2O/c1-12-8-13(2)15(14(3)9-12)18-7-6-17(11-18)10-16(4,5)19/h8-9,19H,6-7,10H2,1-5H3. The molecule has 0 unspecified atom stereocenters. The molecule has 0 saturated heterocycles. The summed E-state index contributed by atoms with van der Waals surface area (Å²) in [6.45, 7) is 12.6. The summed E-state index contributed by atoms with van der Waals surface area (Å²) in [4.78, 5) is 2.18. The van der Waals surface area contributed by atoms with Crippen LogP contribution in [0.5, 0.6) is 0 Å².